The Balaban J connectivity index is 3.28. The summed E-state index contributed by atoms with van der Waals surface area (Å²) < 4.78 is 11.5. The van der Waals surface area contributed by atoms with Gasteiger partial charge in [0.05, 0.1) is 18.7 Å². The van der Waals surface area contributed by atoms with Crippen LogP contribution in [0, 0.1) is 0 Å². The first-order valence-electron chi connectivity index (χ1n) is 4.76. The van der Waals surface area contributed by atoms with Gasteiger partial charge in [0, 0.05) is 5.56 Å². The predicted molar refractivity (Wildman–Crippen MR) is 64.7 cm³/mol. The van der Waals surface area contributed by atoms with E-state index in [1.165, 1.54) is 0 Å². The largest absolute Gasteiger partial charge is 0.493 e. The van der Waals surface area contributed by atoms with Crippen molar-refractivity contribution >= 4 is 15.9 Å². The molecule has 0 heterocycles. The lowest BCUT2D eigenvalue weighted by Crippen LogP contribution is -2.10. The molecule has 4 heteroatoms. The second-order valence-corrected chi connectivity index (χ2v) is 4.19. The van der Waals surface area contributed by atoms with Gasteiger partial charge in [0.15, 0.2) is 11.5 Å². The molecule has 84 valence electrons. The van der Waals surface area contributed by atoms with Gasteiger partial charge in [-0.2, -0.15) is 0 Å². The number of rotatable bonds is 4. The van der Waals surface area contributed by atoms with Gasteiger partial charge < -0.3 is 15.2 Å². The Morgan fingerprint density at radius 1 is 1.27 bits per heavy atom. The van der Waals surface area contributed by atoms with Crippen LogP contribution in [-0.4, -0.2) is 20.8 Å². The van der Waals surface area contributed by atoms with E-state index in [0.29, 0.717) is 6.54 Å². The third-order valence-electron chi connectivity index (χ3n) is 2.39. The van der Waals surface area contributed by atoms with Crippen LogP contribution in [-0.2, 0) is 0 Å². The van der Waals surface area contributed by atoms with Gasteiger partial charge >= 0.3 is 0 Å². The highest BCUT2D eigenvalue weighted by Gasteiger charge is 2.16. The van der Waals surface area contributed by atoms with Crippen molar-refractivity contribution in [2.45, 2.75) is 12.8 Å². The monoisotopic (exact) mass is 273 g/mol. The second-order valence-electron chi connectivity index (χ2n) is 3.34. The summed E-state index contributed by atoms with van der Waals surface area (Å²) in [5, 5.41) is 0. The number of halogens is 1. The molecule has 2 N–H and O–H groups in total. The molecule has 15 heavy (non-hydrogen) atoms. The highest BCUT2D eigenvalue weighted by molar-refractivity contribution is 9.10. The van der Waals surface area contributed by atoms with E-state index in [2.05, 4.69) is 22.9 Å². The highest BCUT2D eigenvalue weighted by Crippen LogP contribution is 2.40. The van der Waals surface area contributed by atoms with E-state index in [-0.39, 0.29) is 5.92 Å². The Morgan fingerprint density at radius 3 is 2.33 bits per heavy atom. The summed E-state index contributed by atoms with van der Waals surface area (Å²) in [5.41, 5.74) is 6.72. The summed E-state index contributed by atoms with van der Waals surface area (Å²) in [5.74, 6) is 1.72. The van der Waals surface area contributed by atoms with Gasteiger partial charge in [-0.25, -0.2) is 0 Å². The molecule has 1 aromatic rings. The van der Waals surface area contributed by atoms with E-state index in [4.69, 9.17) is 15.2 Å². The molecule has 0 fully saturated rings. The lowest BCUT2D eigenvalue weighted by atomic mass is 10.00. The van der Waals surface area contributed by atoms with E-state index < -0.39 is 0 Å². The fraction of sp³-hybridized carbons (Fsp3) is 0.455. The van der Waals surface area contributed by atoms with Gasteiger partial charge in [0.2, 0.25) is 0 Å². The van der Waals surface area contributed by atoms with Gasteiger partial charge in [0.25, 0.3) is 0 Å². The SMILES string of the molecule is COc1c(Br)ccc(C(C)CN)c1OC. The van der Waals surface area contributed by atoms with Crippen molar-refractivity contribution in [1.29, 1.82) is 0 Å². The van der Waals surface area contributed by atoms with Gasteiger partial charge in [-0.1, -0.05) is 13.0 Å². The number of hydrogen-bond donors (Lipinski definition) is 1. The molecular weight excluding hydrogens is 258 g/mol. The van der Waals surface area contributed by atoms with Gasteiger partial charge in [-0.05, 0) is 34.5 Å². The molecule has 0 amide bonds. The fourth-order valence-electron chi connectivity index (χ4n) is 1.47. The van der Waals surface area contributed by atoms with Crippen molar-refractivity contribution in [2.75, 3.05) is 20.8 Å². The Bertz CT molecular complexity index is 342. The number of methoxy groups -OCH3 is 2. The molecule has 1 aromatic carbocycles. The molecular formula is C11H16BrNO2. The predicted octanol–water partition coefficient (Wildman–Crippen LogP) is 2.53. The average Bonchev–Trinajstić information content (AvgIpc) is 2.27. The smallest absolute Gasteiger partial charge is 0.175 e. The summed E-state index contributed by atoms with van der Waals surface area (Å²) in [6, 6.07) is 3.95. The van der Waals surface area contributed by atoms with Crippen molar-refractivity contribution in [3.63, 3.8) is 0 Å². The number of benzene rings is 1. The zero-order chi connectivity index (χ0) is 11.4. The number of nitrogens with two attached hydrogens (primary N) is 1. The van der Waals surface area contributed by atoms with Crippen LogP contribution in [0.15, 0.2) is 16.6 Å². The Morgan fingerprint density at radius 2 is 1.87 bits per heavy atom. The summed E-state index contributed by atoms with van der Waals surface area (Å²) in [7, 11) is 3.26. The van der Waals surface area contributed by atoms with Crippen molar-refractivity contribution < 1.29 is 9.47 Å². The van der Waals surface area contributed by atoms with Crippen molar-refractivity contribution in [3.05, 3.63) is 22.2 Å². The average molecular weight is 274 g/mol. The summed E-state index contributed by atoms with van der Waals surface area (Å²) in [4.78, 5) is 0. The summed E-state index contributed by atoms with van der Waals surface area (Å²) >= 11 is 3.42. The second kappa shape index (κ2) is 5.37. The molecule has 0 saturated heterocycles. The first kappa shape index (κ1) is 12.3. The molecule has 0 aliphatic heterocycles. The number of ether oxygens (including phenoxy) is 2. The molecule has 3 nitrogen and oxygen atoms in total. The van der Waals surface area contributed by atoms with Crippen LogP contribution >= 0.6 is 15.9 Å². The standard InChI is InChI=1S/C11H16BrNO2/c1-7(6-13)8-4-5-9(12)11(15-3)10(8)14-2/h4-5,7H,6,13H2,1-3H3. The molecule has 0 spiro atoms. The molecule has 0 aliphatic carbocycles. The van der Waals surface area contributed by atoms with Crippen molar-refractivity contribution in [2.24, 2.45) is 5.73 Å². The molecule has 1 unspecified atom stereocenters. The maximum Gasteiger partial charge on any atom is 0.175 e. The highest BCUT2D eigenvalue weighted by atomic mass is 79.9. The van der Waals surface area contributed by atoms with Crippen LogP contribution < -0.4 is 15.2 Å². The molecule has 1 rings (SSSR count). The molecule has 0 saturated carbocycles. The molecule has 0 bridgehead atoms. The quantitative estimate of drug-likeness (QED) is 0.917. The maximum atomic E-state index is 5.65. The van der Waals surface area contributed by atoms with Gasteiger partial charge in [0.1, 0.15) is 0 Å². The fourth-order valence-corrected chi connectivity index (χ4v) is 1.94. The summed E-state index contributed by atoms with van der Waals surface area (Å²) in [6.45, 7) is 2.65. The molecule has 1 atom stereocenters. The lowest BCUT2D eigenvalue weighted by Gasteiger charge is -2.17. The van der Waals surface area contributed by atoms with Crippen LogP contribution in [0.3, 0.4) is 0 Å². The molecule has 0 aromatic heterocycles. The zero-order valence-electron chi connectivity index (χ0n) is 9.21. The third kappa shape index (κ3) is 2.44. The van der Waals surface area contributed by atoms with E-state index >= 15 is 0 Å². The maximum absolute atomic E-state index is 5.65. The Kier molecular flexibility index (Phi) is 4.42. The number of hydrogen-bond acceptors (Lipinski definition) is 3. The van der Waals surface area contributed by atoms with E-state index in [9.17, 15) is 0 Å². The van der Waals surface area contributed by atoms with E-state index in [1.54, 1.807) is 14.2 Å². The van der Waals surface area contributed by atoms with E-state index in [0.717, 1.165) is 21.5 Å². The topological polar surface area (TPSA) is 44.5 Å². The minimum absolute atomic E-state index is 0.252. The van der Waals surface area contributed by atoms with Gasteiger partial charge in [-0.3, -0.25) is 0 Å². The third-order valence-corrected chi connectivity index (χ3v) is 3.01. The minimum Gasteiger partial charge on any atom is -0.493 e. The van der Waals surface area contributed by atoms with Crippen LogP contribution in [0.5, 0.6) is 11.5 Å². The van der Waals surface area contributed by atoms with Crippen molar-refractivity contribution in [3.8, 4) is 11.5 Å². The Labute approximate surface area is 98.7 Å². The van der Waals surface area contributed by atoms with Crippen LogP contribution in [0.1, 0.15) is 18.4 Å². The lowest BCUT2D eigenvalue weighted by molar-refractivity contribution is 0.348. The first-order chi connectivity index (χ1) is 7.15. The molecule has 0 radical (unpaired) electrons. The minimum atomic E-state index is 0.252. The van der Waals surface area contributed by atoms with Crippen LogP contribution in [0.2, 0.25) is 0 Å². The van der Waals surface area contributed by atoms with Crippen LogP contribution in [0.4, 0.5) is 0 Å². The molecule has 0 aliphatic rings. The summed E-state index contributed by atoms with van der Waals surface area (Å²) in [6.07, 6.45) is 0. The zero-order valence-corrected chi connectivity index (χ0v) is 10.8. The van der Waals surface area contributed by atoms with Crippen LogP contribution in [0.25, 0.3) is 0 Å². The first-order valence-corrected chi connectivity index (χ1v) is 5.55. The van der Waals surface area contributed by atoms with E-state index in [1.807, 2.05) is 12.1 Å². The normalized spacial score (nSPS) is 12.3. The Hall–Kier alpha value is -0.740. The van der Waals surface area contributed by atoms with Crippen molar-refractivity contribution in [1.82, 2.24) is 0 Å². The van der Waals surface area contributed by atoms with Gasteiger partial charge in [-0.15, -0.1) is 0 Å².